The van der Waals surface area contributed by atoms with E-state index >= 15 is 0 Å². The Kier molecular flexibility index (Phi) is 5.90. The van der Waals surface area contributed by atoms with Gasteiger partial charge in [-0.25, -0.2) is 0 Å². The minimum absolute atomic E-state index is 0.0921. The quantitative estimate of drug-likeness (QED) is 0.657. The van der Waals surface area contributed by atoms with E-state index in [2.05, 4.69) is 20.8 Å². The van der Waals surface area contributed by atoms with Crippen LogP contribution in [0.15, 0.2) is 47.6 Å². The molecule has 1 N–H and O–H groups in total. The topological polar surface area (TPSA) is 72.7 Å². The summed E-state index contributed by atoms with van der Waals surface area (Å²) in [5, 5.41) is 15.9. The predicted molar refractivity (Wildman–Crippen MR) is 103 cm³/mol. The zero-order chi connectivity index (χ0) is 18.5. The fraction of sp³-hybridized carbons (Fsp3) is 0.222. The van der Waals surface area contributed by atoms with E-state index in [0.717, 1.165) is 22.4 Å². The number of aromatic nitrogens is 4. The smallest absolute Gasteiger partial charge is 0.230 e. The highest BCUT2D eigenvalue weighted by Gasteiger charge is 2.13. The van der Waals surface area contributed by atoms with Crippen molar-refractivity contribution in [2.75, 3.05) is 5.75 Å². The number of aryl methyl sites for hydroxylation is 1. The molecule has 0 saturated carbocycles. The van der Waals surface area contributed by atoms with Gasteiger partial charge in [-0.1, -0.05) is 47.6 Å². The SMILES string of the molecule is Cc1cccc(-n2nnnc2SCC(=O)NCc2cccc(Cl)c2)c1C. The van der Waals surface area contributed by atoms with Crippen molar-refractivity contribution in [1.29, 1.82) is 0 Å². The summed E-state index contributed by atoms with van der Waals surface area (Å²) in [6.07, 6.45) is 0. The zero-order valence-electron chi connectivity index (χ0n) is 14.4. The normalized spacial score (nSPS) is 10.7. The van der Waals surface area contributed by atoms with Crippen LogP contribution < -0.4 is 5.32 Å². The lowest BCUT2D eigenvalue weighted by atomic mass is 10.1. The molecule has 0 aliphatic carbocycles. The number of nitrogens with zero attached hydrogens (tertiary/aromatic N) is 4. The number of nitrogens with one attached hydrogen (secondary N) is 1. The lowest BCUT2D eigenvalue weighted by Gasteiger charge is -2.09. The molecule has 0 radical (unpaired) electrons. The van der Waals surface area contributed by atoms with E-state index in [1.54, 1.807) is 10.7 Å². The summed E-state index contributed by atoms with van der Waals surface area (Å²) in [6, 6.07) is 13.4. The molecule has 0 fully saturated rings. The van der Waals surface area contributed by atoms with Crippen LogP contribution in [-0.2, 0) is 11.3 Å². The summed E-state index contributed by atoms with van der Waals surface area (Å²) in [5.74, 6) is 0.136. The first-order valence-corrected chi connectivity index (χ1v) is 9.40. The summed E-state index contributed by atoms with van der Waals surface area (Å²) in [6.45, 7) is 4.50. The third-order valence-corrected chi connectivity index (χ3v) is 5.11. The second kappa shape index (κ2) is 8.33. The van der Waals surface area contributed by atoms with Gasteiger partial charge in [-0.2, -0.15) is 4.68 Å². The van der Waals surface area contributed by atoms with Gasteiger partial charge in [0.05, 0.1) is 11.4 Å². The van der Waals surface area contributed by atoms with Crippen molar-refractivity contribution in [3.63, 3.8) is 0 Å². The average Bonchev–Trinajstić information content (AvgIpc) is 3.09. The molecule has 2 aromatic carbocycles. The Balaban J connectivity index is 1.61. The van der Waals surface area contributed by atoms with Crippen LogP contribution >= 0.6 is 23.4 Å². The van der Waals surface area contributed by atoms with Crippen LogP contribution in [-0.4, -0.2) is 31.9 Å². The number of benzene rings is 2. The second-order valence-electron chi connectivity index (χ2n) is 5.79. The maximum absolute atomic E-state index is 12.1. The van der Waals surface area contributed by atoms with Crippen LogP contribution in [0.4, 0.5) is 0 Å². The molecule has 3 aromatic rings. The molecular formula is C18H18ClN5OS. The number of hydrogen-bond donors (Lipinski definition) is 1. The van der Waals surface area contributed by atoms with Crippen LogP contribution in [0.2, 0.25) is 5.02 Å². The van der Waals surface area contributed by atoms with Crippen LogP contribution in [0, 0.1) is 13.8 Å². The fourth-order valence-corrected chi connectivity index (χ4v) is 3.34. The second-order valence-corrected chi connectivity index (χ2v) is 7.17. The first kappa shape index (κ1) is 18.4. The van der Waals surface area contributed by atoms with Gasteiger partial charge in [0.1, 0.15) is 0 Å². The molecule has 3 rings (SSSR count). The van der Waals surface area contributed by atoms with Crippen molar-refractivity contribution in [1.82, 2.24) is 25.5 Å². The number of tetrazole rings is 1. The molecule has 0 unspecified atom stereocenters. The highest BCUT2D eigenvalue weighted by atomic mass is 35.5. The largest absolute Gasteiger partial charge is 0.351 e. The minimum atomic E-state index is -0.0921. The first-order chi connectivity index (χ1) is 12.5. The molecule has 6 nitrogen and oxygen atoms in total. The highest BCUT2D eigenvalue weighted by Crippen LogP contribution is 2.22. The molecule has 1 amide bonds. The van der Waals surface area contributed by atoms with Gasteiger partial charge in [0, 0.05) is 11.6 Å². The molecule has 134 valence electrons. The van der Waals surface area contributed by atoms with E-state index in [-0.39, 0.29) is 11.7 Å². The van der Waals surface area contributed by atoms with Crippen LogP contribution in [0.1, 0.15) is 16.7 Å². The number of thioether (sulfide) groups is 1. The van der Waals surface area contributed by atoms with Crippen molar-refractivity contribution in [3.05, 3.63) is 64.2 Å². The highest BCUT2D eigenvalue weighted by molar-refractivity contribution is 7.99. The van der Waals surface area contributed by atoms with Gasteiger partial charge in [0.2, 0.25) is 11.1 Å². The van der Waals surface area contributed by atoms with Gasteiger partial charge < -0.3 is 5.32 Å². The van der Waals surface area contributed by atoms with Gasteiger partial charge in [-0.05, 0) is 59.2 Å². The molecule has 0 bridgehead atoms. The summed E-state index contributed by atoms with van der Waals surface area (Å²) in [5.41, 5.74) is 4.13. The lowest BCUT2D eigenvalue weighted by Crippen LogP contribution is -2.24. The van der Waals surface area contributed by atoms with Crippen molar-refractivity contribution >= 4 is 29.3 Å². The van der Waals surface area contributed by atoms with E-state index in [4.69, 9.17) is 11.6 Å². The van der Waals surface area contributed by atoms with Crippen molar-refractivity contribution in [3.8, 4) is 5.69 Å². The fourth-order valence-electron chi connectivity index (χ4n) is 2.41. The maximum atomic E-state index is 12.1. The lowest BCUT2D eigenvalue weighted by molar-refractivity contribution is -0.118. The van der Waals surface area contributed by atoms with E-state index < -0.39 is 0 Å². The number of rotatable bonds is 6. The molecule has 0 spiro atoms. The molecule has 0 aliphatic heterocycles. The average molecular weight is 388 g/mol. The first-order valence-electron chi connectivity index (χ1n) is 8.03. The summed E-state index contributed by atoms with van der Waals surface area (Å²) in [7, 11) is 0. The number of hydrogen-bond acceptors (Lipinski definition) is 5. The monoisotopic (exact) mass is 387 g/mol. The van der Waals surface area contributed by atoms with Crippen LogP contribution in [0.3, 0.4) is 0 Å². The molecule has 8 heteroatoms. The Morgan fingerprint density at radius 1 is 1.23 bits per heavy atom. The van der Waals surface area contributed by atoms with E-state index in [1.165, 1.54) is 11.8 Å². The zero-order valence-corrected chi connectivity index (χ0v) is 16.0. The van der Waals surface area contributed by atoms with Crippen molar-refractivity contribution in [2.45, 2.75) is 25.5 Å². The Morgan fingerprint density at radius 2 is 2.04 bits per heavy atom. The Bertz CT molecular complexity index is 927. The standard InChI is InChI=1S/C18H18ClN5OS/c1-12-5-3-8-16(13(12)2)24-18(21-22-23-24)26-11-17(25)20-10-14-6-4-7-15(19)9-14/h3-9H,10-11H2,1-2H3,(H,20,25). The third-order valence-electron chi connectivity index (χ3n) is 3.96. The number of amides is 1. The van der Waals surface area contributed by atoms with Crippen LogP contribution in [0.5, 0.6) is 0 Å². The molecule has 0 atom stereocenters. The number of halogens is 1. The molecule has 0 aliphatic rings. The van der Waals surface area contributed by atoms with Crippen molar-refractivity contribution < 1.29 is 4.79 Å². The third kappa shape index (κ3) is 4.42. The van der Waals surface area contributed by atoms with Gasteiger partial charge in [0.25, 0.3) is 0 Å². The summed E-state index contributed by atoms with van der Waals surface area (Å²) >= 11 is 7.24. The molecule has 26 heavy (non-hydrogen) atoms. The van der Waals surface area contributed by atoms with Gasteiger partial charge in [0.15, 0.2) is 0 Å². The Hall–Kier alpha value is -2.38. The summed E-state index contributed by atoms with van der Waals surface area (Å²) < 4.78 is 1.66. The number of carbonyl (C=O) groups excluding carboxylic acids is 1. The van der Waals surface area contributed by atoms with Gasteiger partial charge in [-0.15, -0.1) is 5.10 Å². The predicted octanol–water partition coefficient (Wildman–Crippen LogP) is 3.34. The van der Waals surface area contributed by atoms with E-state index in [9.17, 15) is 4.79 Å². The number of carbonyl (C=O) groups is 1. The van der Waals surface area contributed by atoms with Gasteiger partial charge in [-0.3, -0.25) is 4.79 Å². The van der Waals surface area contributed by atoms with E-state index in [0.29, 0.717) is 16.7 Å². The Morgan fingerprint density at radius 3 is 2.85 bits per heavy atom. The maximum Gasteiger partial charge on any atom is 0.230 e. The Labute approximate surface area is 160 Å². The van der Waals surface area contributed by atoms with E-state index in [1.807, 2.05) is 50.2 Å². The summed E-state index contributed by atoms with van der Waals surface area (Å²) in [4.78, 5) is 12.1. The van der Waals surface area contributed by atoms with Crippen molar-refractivity contribution in [2.24, 2.45) is 0 Å². The van der Waals surface area contributed by atoms with Crippen LogP contribution in [0.25, 0.3) is 5.69 Å². The molecule has 1 aromatic heterocycles. The molecular weight excluding hydrogens is 370 g/mol. The molecule has 0 saturated heterocycles. The van der Waals surface area contributed by atoms with Gasteiger partial charge >= 0.3 is 0 Å². The molecule has 1 heterocycles. The minimum Gasteiger partial charge on any atom is -0.351 e.